The Morgan fingerprint density at radius 2 is 2.23 bits per heavy atom. The summed E-state index contributed by atoms with van der Waals surface area (Å²) in [5.74, 6) is -0.301. The van der Waals surface area contributed by atoms with E-state index in [9.17, 15) is 9.18 Å². The Hall–Kier alpha value is -2.41. The Labute approximate surface area is 153 Å². The highest BCUT2D eigenvalue weighted by molar-refractivity contribution is 5.74. The first kappa shape index (κ1) is 18.4. The number of fused-ring (bicyclic) bond motifs is 1. The van der Waals surface area contributed by atoms with E-state index in [1.54, 1.807) is 17.0 Å². The molecule has 1 aromatic carbocycles. The molecule has 0 saturated carbocycles. The summed E-state index contributed by atoms with van der Waals surface area (Å²) >= 11 is 0. The molecule has 2 heterocycles. The summed E-state index contributed by atoms with van der Waals surface area (Å²) in [4.78, 5) is 18.8. The number of carbonyl (C=O) groups is 1. The third-order valence-corrected chi connectivity index (χ3v) is 4.37. The maximum Gasteiger partial charge on any atom is 0.318 e. The topological polar surface area (TPSA) is 59.4 Å². The Morgan fingerprint density at radius 3 is 3.00 bits per heavy atom. The van der Waals surface area contributed by atoms with Crippen LogP contribution in [0.3, 0.4) is 0 Å². The molecule has 7 heteroatoms. The van der Waals surface area contributed by atoms with Crippen molar-refractivity contribution in [3.8, 4) is 0 Å². The standard InChI is InChI=1S/C19H25FN4O2/c1-14(2)26-12-17-18-11-23(7-4-8-24(18)13-22-17)19(25)21-10-15-5-3-6-16(20)9-15/h3,5-6,9,13-14H,4,7-8,10-12H2,1-2H3,(H,21,25). The van der Waals surface area contributed by atoms with Gasteiger partial charge in [0, 0.05) is 19.6 Å². The second-order valence-electron chi connectivity index (χ2n) is 6.75. The van der Waals surface area contributed by atoms with E-state index in [0.29, 0.717) is 26.2 Å². The van der Waals surface area contributed by atoms with Gasteiger partial charge in [-0.3, -0.25) is 0 Å². The predicted molar refractivity (Wildman–Crippen MR) is 95.8 cm³/mol. The van der Waals surface area contributed by atoms with Gasteiger partial charge in [0.1, 0.15) is 5.82 Å². The summed E-state index contributed by atoms with van der Waals surface area (Å²) in [5, 5.41) is 2.88. The van der Waals surface area contributed by atoms with Crippen molar-refractivity contribution in [1.82, 2.24) is 19.8 Å². The van der Waals surface area contributed by atoms with Gasteiger partial charge in [-0.25, -0.2) is 14.2 Å². The first-order valence-electron chi connectivity index (χ1n) is 8.94. The van der Waals surface area contributed by atoms with Crippen LogP contribution in [0.15, 0.2) is 30.6 Å². The number of nitrogens with one attached hydrogen (secondary N) is 1. The van der Waals surface area contributed by atoms with E-state index in [1.807, 2.05) is 20.2 Å². The quantitative estimate of drug-likeness (QED) is 0.891. The molecule has 140 valence electrons. The first-order chi connectivity index (χ1) is 12.5. The van der Waals surface area contributed by atoms with E-state index in [1.165, 1.54) is 12.1 Å². The molecule has 0 atom stereocenters. The van der Waals surface area contributed by atoms with Gasteiger partial charge in [-0.15, -0.1) is 0 Å². The highest BCUT2D eigenvalue weighted by atomic mass is 19.1. The molecule has 0 saturated heterocycles. The van der Waals surface area contributed by atoms with Crippen LogP contribution in [0.1, 0.15) is 37.2 Å². The van der Waals surface area contributed by atoms with Crippen LogP contribution in [0, 0.1) is 5.82 Å². The molecule has 0 fully saturated rings. The van der Waals surface area contributed by atoms with Crippen LogP contribution in [0.4, 0.5) is 9.18 Å². The van der Waals surface area contributed by atoms with Crippen molar-refractivity contribution in [3.05, 3.63) is 53.4 Å². The second-order valence-corrected chi connectivity index (χ2v) is 6.75. The van der Waals surface area contributed by atoms with Gasteiger partial charge in [0.05, 0.1) is 37.0 Å². The molecule has 3 rings (SSSR count). The molecule has 2 amide bonds. The molecule has 1 aromatic heterocycles. The van der Waals surface area contributed by atoms with Gasteiger partial charge in [-0.05, 0) is 38.0 Å². The van der Waals surface area contributed by atoms with Crippen LogP contribution >= 0.6 is 0 Å². The Morgan fingerprint density at radius 1 is 1.38 bits per heavy atom. The Bertz CT molecular complexity index is 760. The summed E-state index contributed by atoms with van der Waals surface area (Å²) in [6.07, 6.45) is 2.81. The van der Waals surface area contributed by atoms with Crippen LogP contribution in [0.25, 0.3) is 0 Å². The number of hydrogen-bond donors (Lipinski definition) is 1. The van der Waals surface area contributed by atoms with Gasteiger partial charge in [-0.2, -0.15) is 0 Å². The number of imidazole rings is 1. The molecule has 1 aliphatic rings. The zero-order valence-electron chi connectivity index (χ0n) is 15.2. The number of carbonyl (C=O) groups excluding carboxylic acids is 1. The van der Waals surface area contributed by atoms with E-state index in [-0.39, 0.29) is 18.0 Å². The number of hydrogen-bond acceptors (Lipinski definition) is 3. The lowest BCUT2D eigenvalue weighted by molar-refractivity contribution is 0.0629. The van der Waals surface area contributed by atoms with Crippen molar-refractivity contribution in [3.63, 3.8) is 0 Å². The molecule has 1 aliphatic heterocycles. The Kier molecular flexibility index (Phi) is 5.88. The number of aryl methyl sites for hydroxylation is 1. The highest BCUT2D eigenvalue weighted by Gasteiger charge is 2.22. The molecular formula is C19H25FN4O2. The number of rotatable bonds is 5. The number of nitrogens with zero attached hydrogens (tertiary/aromatic N) is 3. The van der Waals surface area contributed by atoms with Crippen LogP contribution in [-0.2, 0) is 31.0 Å². The molecule has 0 spiro atoms. The number of urea groups is 1. The van der Waals surface area contributed by atoms with Crippen molar-refractivity contribution in [2.45, 2.75) is 52.6 Å². The Balaban J connectivity index is 1.64. The normalized spacial score (nSPS) is 14.2. The third-order valence-electron chi connectivity index (χ3n) is 4.37. The lowest BCUT2D eigenvalue weighted by Crippen LogP contribution is -2.39. The monoisotopic (exact) mass is 360 g/mol. The van der Waals surface area contributed by atoms with E-state index in [2.05, 4.69) is 14.9 Å². The zero-order valence-corrected chi connectivity index (χ0v) is 15.2. The third kappa shape index (κ3) is 4.60. The smallest absolute Gasteiger partial charge is 0.318 e. The summed E-state index contributed by atoms with van der Waals surface area (Å²) < 4.78 is 21.0. The fraction of sp³-hybridized carbons (Fsp3) is 0.474. The maximum atomic E-state index is 13.3. The molecule has 6 nitrogen and oxygen atoms in total. The SMILES string of the molecule is CC(C)OCc1ncn2c1CN(C(=O)NCc1cccc(F)c1)CCC2. The number of amides is 2. The van der Waals surface area contributed by atoms with Crippen molar-refractivity contribution in [2.75, 3.05) is 6.54 Å². The minimum atomic E-state index is -0.301. The van der Waals surface area contributed by atoms with Crippen LogP contribution < -0.4 is 5.32 Å². The van der Waals surface area contributed by atoms with Crippen LogP contribution in [0.2, 0.25) is 0 Å². The predicted octanol–water partition coefficient (Wildman–Crippen LogP) is 3.06. The van der Waals surface area contributed by atoms with Gasteiger partial charge in [0.2, 0.25) is 0 Å². The molecule has 2 aromatic rings. The summed E-state index contributed by atoms with van der Waals surface area (Å²) in [5.41, 5.74) is 2.64. The number of aromatic nitrogens is 2. The molecule has 0 radical (unpaired) electrons. The zero-order chi connectivity index (χ0) is 18.5. The average Bonchev–Trinajstić information content (AvgIpc) is 2.85. The van der Waals surface area contributed by atoms with Crippen molar-refractivity contribution in [2.24, 2.45) is 0 Å². The maximum absolute atomic E-state index is 13.3. The van der Waals surface area contributed by atoms with E-state index in [0.717, 1.165) is 29.9 Å². The minimum Gasteiger partial charge on any atom is -0.372 e. The van der Waals surface area contributed by atoms with Gasteiger partial charge in [0.25, 0.3) is 0 Å². The number of halogens is 1. The largest absolute Gasteiger partial charge is 0.372 e. The molecule has 1 N–H and O–H groups in total. The van der Waals surface area contributed by atoms with Gasteiger partial charge >= 0.3 is 6.03 Å². The first-order valence-corrected chi connectivity index (χ1v) is 8.94. The van der Waals surface area contributed by atoms with Crippen LogP contribution in [0.5, 0.6) is 0 Å². The molecule has 0 unspecified atom stereocenters. The van der Waals surface area contributed by atoms with E-state index in [4.69, 9.17) is 4.74 Å². The summed E-state index contributed by atoms with van der Waals surface area (Å²) in [6.45, 7) is 6.71. The fourth-order valence-corrected chi connectivity index (χ4v) is 2.99. The molecule has 0 aliphatic carbocycles. The van der Waals surface area contributed by atoms with Crippen molar-refractivity contribution in [1.29, 1.82) is 0 Å². The summed E-state index contributed by atoms with van der Waals surface area (Å²) in [6, 6.07) is 6.10. The average molecular weight is 360 g/mol. The summed E-state index contributed by atoms with van der Waals surface area (Å²) in [7, 11) is 0. The second kappa shape index (κ2) is 8.31. The molecule has 0 bridgehead atoms. The number of benzene rings is 1. The number of ether oxygens (including phenoxy) is 1. The molecule has 26 heavy (non-hydrogen) atoms. The minimum absolute atomic E-state index is 0.129. The van der Waals surface area contributed by atoms with Gasteiger partial charge in [0.15, 0.2) is 0 Å². The fourth-order valence-electron chi connectivity index (χ4n) is 2.99. The van der Waals surface area contributed by atoms with Crippen molar-refractivity contribution >= 4 is 6.03 Å². The lowest BCUT2D eigenvalue weighted by Gasteiger charge is -2.21. The molecular weight excluding hydrogens is 335 g/mol. The van der Waals surface area contributed by atoms with Crippen molar-refractivity contribution < 1.29 is 13.9 Å². The highest BCUT2D eigenvalue weighted by Crippen LogP contribution is 2.17. The van der Waals surface area contributed by atoms with E-state index >= 15 is 0 Å². The lowest BCUT2D eigenvalue weighted by atomic mass is 10.2. The van der Waals surface area contributed by atoms with E-state index < -0.39 is 0 Å². The van der Waals surface area contributed by atoms with Gasteiger partial charge in [-0.1, -0.05) is 12.1 Å². The van der Waals surface area contributed by atoms with Gasteiger partial charge < -0.3 is 19.5 Å². The van der Waals surface area contributed by atoms with Crippen LogP contribution in [-0.4, -0.2) is 33.1 Å².